The van der Waals surface area contributed by atoms with Crippen LogP contribution < -0.4 is 10.6 Å². The van der Waals surface area contributed by atoms with Gasteiger partial charge in [-0.15, -0.1) is 0 Å². The molecule has 0 heterocycles. The van der Waals surface area contributed by atoms with Gasteiger partial charge in [-0.2, -0.15) is 0 Å². The summed E-state index contributed by atoms with van der Waals surface area (Å²) in [6.07, 6.45) is 0.747. The predicted octanol–water partition coefficient (Wildman–Crippen LogP) is 1.59. The highest BCUT2D eigenvalue weighted by atomic mass is 35.5. The summed E-state index contributed by atoms with van der Waals surface area (Å²) >= 11 is 5.74. The van der Waals surface area contributed by atoms with Crippen LogP contribution in [0.5, 0.6) is 0 Å². The fraction of sp³-hybridized carbons (Fsp3) is 0.364. The first-order valence-corrected chi connectivity index (χ1v) is 5.80. The lowest BCUT2D eigenvalue weighted by Crippen LogP contribution is -2.27. The Morgan fingerprint density at radius 3 is 2.78 bits per heavy atom. The highest BCUT2D eigenvalue weighted by Gasteiger charge is 2.19. The van der Waals surface area contributed by atoms with E-state index in [1.54, 1.807) is 0 Å². The minimum atomic E-state index is -0.598. The van der Waals surface area contributed by atoms with Gasteiger partial charge in [-0.05, 0) is 32.1 Å². The molecule has 0 spiro atoms. The smallest absolute Gasteiger partial charge is 0.282 e. The van der Waals surface area contributed by atoms with Crippen LogP contribution in [0.4, 0.5) is 5.69 Å². The van der Waals surface area contributed by atoms with Gasteiger partial charge in [0.2, 0.25) is 0 Å². The van der Waals surface area contributed by atoms with Crippen molar-refractivity contribution in [3.8, 4) is 0 Å². The number of halogens is 1. The van der Waals surface area contributed by atoms with E-state index >= 15 is 0 Å². The van der Waals surface area contributed by atoms with Gasteiger partial charge in [0.1, 0.15) is 5.56 Å². The van der Waals surface area contributed by atoms with E-state index < -0.39 is 10.8 Å². The lowest BCUT2D eigenvalue weighted by Gasteiger charge is -2.06. The number of nitrogens with one attached hydrogen (secondary N) is 2. The topological polar surface area (TPSA) is 84.3 Å². The van der Waals surface area contributed by atoms with E-state index in [2.05, 4.69) is 10.6 Å². The SMILES string of the molecule is CNCCCNC(=O)c1cc(Cl)ccc1[N+](=O)[O-]. The molecule has 7 heteroatoms. The van der Waals surface area contributed by atoms with Crippen LogP contribution in [-0.2, 0) is 0 Å². The Balaban J connectivity index is 2.77. The average Bonchev–Trinajstić information content (AvgIpc) is 2.34. The molecule has 0 atom stereocenters. The zero-order valence-corrected chi connectivity index (χ0v) is 10.7. The van der Waals surface area contributed by atoms with Gasteiger partial charge in [-0.25, -0.2) is 0 Å². The molecule has 2 N–H and O–H groups in total. The lowest BCUT2D eigenvalue weighted by atomic mass is 10.1. The standard InChI is InChI=1S/C11H14ClN3O3/c1-13-5-2-6-14-11(16)9-7-8(12)3-4-10(9)15(17)18/h3-4,7,13H,2,5-6H2,1H3,(H,14,16). The molecule has 0 bridgehead atoms. The van der Waals surface area contributed by atoms with Gasteiger partial charge in [0.15, 0.2) is 0 Å². The molecule has 0 saturated heterocycles. The van der Waals surface area contributed by atoms with Gasteiger partial charge in [0, 0.05) is 17.6 Å². The molecule has 98 valence electrons. The summed E-state index contributed by atoms with van der Waals surface area (Å²) in [6, 6.07) is 3.91. The molecule has 18 heavy (non-hydrogen) atoms. The Kier molecular flexibility index (Phi) is 5.54. The van der Waals surface area contributed by atoms with Crippen molar-refractivity contribution < 1.29 is 9.72 Å². The second-order valence-corrected chi connectivity index (χ2v) is 4.07. The van der Waals surface area contributed by atoms with E-state index in [0.29, 0.717) is 11.6 Å². The maximum Gasteiger partial charge on any atom is 0.282 e. The van der Waals surface area contributed by atoms with E-state index in [0.717, 1.165) is 13.0 Å². The van der Waals surface area contributed by atoms with E-state index in [1.807, 2.05) is 7.05 Å². The van der Waals surface area contributed by atoms with Crippen molar-refractivity contribution in [3.05, 3.63) is 38.9 Å². The van der Waals surface area contributed by atoms with Crippen molar-refractivity contribution in [3.63, 3.8) is 0 Å². The number of nitro groups is 1. The quantitative estimate of drug-likeness (QED) is 0.467. The normalized spacial score (nSPS) is 10.1. The van der Waals surface area contributed by atoms with Gasteiger partial charge >= 0.3 is 0 Å². The number of nitrogens with zero attached hydrogens (tertiary/aromatic N) is 1. The zero-order valence-electron chi connectivity index (χ0n) is 9.90. The minimum absolute atomic E-state index is 0.0167. The summed E-state index contributed by atoms with van der Waals surface area (Å²) < 4.78 is 0. The second kappa shape index (κ2) is 6.93. The van der Waals surface area contributed by atoms with Crippen molar-refractivity contribution in [1.29, 1.82) is 0 Å². The summed E-state index contributed by atoms with van der Waals surface area (Å²) in [5.74, 6) is -0.486. The Hall–Kier alpha value is -1.66. The zero-order chi connectivity index (χ0) is 13.5. The summed E-state index contributed by atoms with van der Waals surface area (Å²) in [5.41, 5.74) is -0.262. The molecule has 0 aliphatic carbocycles. The van der Waals surface area contributed by atoms with Crippen molar-refractivity contribution in [2.45, 2.75) is 6.42 Å². The summed E-state index contributed by atoms with van der Waals surface area (Å²) in [5, 5.41) is 16.6. The van der Waals surface area contributed by atoms with Crippen molar-refractivity contribution in [2.75, 3.05) is 20.1 Å². The van der Waals surface area contributed by atoms with Crippen LogP contribution in [0.2, 0.25) is 5.02 Å². The van der Waals surface area contributed by atoms with Crippen LogP contribution in [0.25, 0.3) is 0 Å². The molecule has 0 aliphatic heterocycles. The molecule has 1 rings (SSSR count). The molecule has 1 aromatic carbocycles. The molecule has 0 aromatic heterocycles. The number of carbonyl (C=O) groups is 1. The number of benzene rings is 1. The maximum atomic E-state index is 11.8. The van der Waals surface area contributed by atoms with Crippen LogP contribution in [0, 0.1) is 10.1 Å². The molecule has 0 fully saturated rings. The third-order valence-corrected chi connectivity index (χ3v) is 2.52. The third-order valence-electron chi connectivity index (χ3n) is 2.29. The number of rotatable bonds is 6. The highest BCUT2D eigenvalue weighted by molar-refractivity contribution is 6.31. The fourth-order valence-corrected chi connectivity index (χ4v) is 1.58. The molecular formula is C11H14ClN3O3. The minimum Gasteiger partial charge on any atom is -0.352 e. The van der Waals surface area contributed by atoms with Gasteiger partial charge in [0.05, 0.1) is 4.92 Å². The van der Waals surface area contributed by atoms with Crippen molar-refractivity contribution in [1.82, 2.24) is 10.6 Å². The third kappa shape index (κ3) is 3.97. The summed E-state index contributed by atoms with van der Waals surface area (Å²) in [4.78, 5) is 22.0. The van der Waals surface area contributed by atoms with Crippen LogP contribution >= 0.6 is 11.6 Å². The summed E-state index contributed by atoms with van der Waals surface area (Å²) in [7, 11) is 1.81. The van der Waals surface area contributed by atoms with E-state index in [4.69, 9.17) is 11.6 Å². The van der Waals surface area contributed by atoms with E-state index in [9.17, 15) is 14.9 Å². The van der Waals surface area contributed by atoms with Crippen molar-refractivity contribution in [2.24, 2.45) is 0 Å². The molecule has 6 nitrogen and oxygen atoms in total. The molecule has 1 aromatic rings. The van der Waals surface area contributed by atoms with Crippen LogP contribution in [0.15, 0.2) is 18.2 Å². The van der Waals surface area contributed by atoms with Gasteiger partial charge < -0.3 is 10.6 Å². The molecule has 0 saturated carbocycles. The van der Waals surface area contributed by atoms with E-state index in [1.165, 1.54) is 18.2 Å². The molecule has 1 amide bonds. The fourth-order valence-electron chi connectivity index (χ4n) is 1.41. The number of hydrogen-bond donors (Lipinski definition) is 2. The number of carbonyl (C=O) groups excluding carboxylic acids is 1. The predicted molar refractivity (Wildman–Crippen MR) is 69.0 cm³/mol. The van der Waals surface area contributed by atoms with Crippen LogP contribution in [0.3, 0.4) is 0 Å². The first-order valence-electron chi connectivity index (χ1n) is 5.43. The Morgan fingerprint density at radius 1 is 1.44 bits per heavy atom. The number of amides is 1. The number of nitro benzene ring substituents is 1. The molecule has 0 aliphatic rings. The second-order valence-electron chi connectivity index (χ2n) is 3.63. The van der Waals surface area contributed by atoms with Gasteiger partial charge in [-0.1, -0.05) is 11.6 Å². The molecule has 0 unspecified atom stereocenters. The van der Waals surface area contributed by atoms with Gasteiger partial charge in [0.25, 0.3) is 11.6 Å². The van der Waals surface area contributed by atoms with E-state index in [-0.39, 0.29) is 11.3 Å². The van der Waals surface area contributed by atoms with Crippen LogP contribution in [0.1, 0.15) is 16.8 Å². The maximum absolute atomic E-state index is 11.8. The first-order chi connectivity index (χ1) is 8.56. The Bertz CT molecular complexity index is 451. The largest absolute Gasteiger partial charge is 0.352 e. The Morgan fingerprint density at radius 2 is 2.17 bits per heavy atom. The monoisotopic (exact) mass is 271 g/mol. The first kappa shape index (κ1) is 14.4. The highest BCUT2D eigenvalue weighted by Crippen LogP contribution is 2.22. The molecular weight excluding hydrogens is 258 g/mol. The summed E-state index contributed by atoms with van der Waals surface area (Å²) in [6.45, 7) is 1.21. The molecule has 0 radical (unpaired) electrons. The van der Waals surface area contributed by atoms with Crippen LogP contribution in [-0.4, -0.2) is 31.0 Å². The average molecular weight is 272 g/mol. The van der Waals surface area contributed by atoms with Crippen molar-refractivity contribution >= 4 is 23.2 Å². The lowest BCUT2D eigenvalue weighted by molar-refractivity contribution is -0.385. The Labute approximate surface area is 109 Å². The van der Waals surface area contributed by atoms with Gasteiger partial charge in [-0.3, -0.25) is 14.9 Å². The number of hydrogen-bond acceptors (Lipinski definition) is 4.